The monoisotopic (exact) mass is 204 g/mol. The summed E-state index contributed by atoms with van der Waals surface area (Å²) in [5, 5.41) is 20.3. The van der Waals surface area contributed by atoms with Crippen LogP contribution in [0.1, 0.15) is 20.3 Å². The topological polar surface area (TPSA) is 113 Å². The molecule has 0 rings (SSSR count). The molecular formula is C8H16N2O4. The summed E-state index contributed by atoms with van der Waals surface area (Å²) in [4.78, 5) is 21.6. The van der Waals surface area contributed by atoms with Gasteiger partial charge in [-0.1, -0.05) is 13.8 Å². The Kier molecular flexibility index (Phi) is 4.52. The molecule has 1 amide bonds. The van der Waals surface area contributed by atoms with E-state index < -0.39 is 17.6 Å². The number of aliphatic hydroxyl groups is 1. The maximum Gasteiger partial charge on any atom is 0.357 e. The minimum absolute atomic E-state index is 0.0609. The molecule has 0 aromatic carbocycles. The highest BCUT2D eigenvalue weighted by Gasteiger charge is 2.37. The second-order valence-electron chi connectivity index (χ2n) is 3.52. The van der Waals surface area contributed by atoms with Crippen molar-refractivity contribution >= 4 is 11.9 Å². The van der Waals surface area contributed by atoms with Crippen LogP contribution < -0.4 is 11.1 Å². The molecule has 0 aromatic heterocycles. The fourth-order valence-electron chi connectivity index (χ4n) is 1.06. The van der Waals surface area contributed by atoms with Crippen molar-refractivity contribution in [3.05, 3.63) is 0 Å². The number of carboxylic acids is 1. The molecule has 0 aliphatic heterocycles. The Bertz CT molecular complexity index is 229. The lowest BCUT2D eigenvalue weighted by molar-refractivity contribution is -0.167. The van der Waals surface area contributed by atoms with Crippen molar-refractivity contribution in [2.24, 2.45) is 11.7 Å². The Balaban J connectivity index is 4.55. The molecule has 1 atom stereocenters. The molecule has 0 saturated carbocycles. The third-order valence-electron chi connectivity index (χ3n) is 1.59. The van der Waals surface area contributed by atoms with Crippen molar-refractivity contribution in [3.8, 4) is 0 Å². The molecule has 5 N–H and O–H groups in total. The van der Waals surface area contributed by atoms with Crippen LogP contribution >= 0.6 is 0 Å². The number of hydrogen-bond donors (Lipinski definition) is 4. The van der Waals surface area contributed by atoms with Crippen LogP contribution in [0.4, 0.5) is 0 Å². The van der Waals surface area contributed by atoms with Gasteiger partial charge in [0.2, 0.25) is 11.6 Å². The first-order valence-electron chi connectivity index (χ1n) is 4.28. The maximum atomic E-state index is 10.9. The van der Waals surface area contributed by atoms with Crippen molar-refractivity contribution in [3.63, 3.8) is 0 Å². The fourth-order valence-corrected chi connectivity index (χ4v) is 1.06. The highest BCUT2D eigenvalue weighted by atomic mass is 16.4. The third-order valence-corrected chi connectivity index (χ3v) is 1.59. The minimum atomic E-state index is -2.22. The van der Waals surface area contributed by atoms with Gasteiger partial charge in [-0.2, -0.15) is 0 Å². The first kappa shape index (κ1) is 12.9. The summed E-state index contributed by atoms with van der Waals surface area (Å²) in [5.41, 5.74) is 2.78. The van der Waals surface area contributed by atoms with E-state index in [1.54, 1.807) is 13.8 Å². The first-order valence-corrected chi connectivity index (χ1v) is 4.28. The fraction of sp³-hybridized carbons (Fsp3) is 0.750. The standard InChI is InChI=1S/C8H16N2O4/c1-5(2)3-8(14,7(12)13)10-6(11)4-9/h5,14H,3-4,9H2,1-2H3,(H,10,11)(H,12,13). The summed E-state index contributed by atoms with van der Waals surface area (Å²) >= 11 is 0. The van der Waals surface area contributed by atoms with Crippen molar-refractivity contribution in [1.29, 1.82) is 0 Å². The van der Waals surface area contributed by atoms with E-state index in [2.05, 4.69) is 0 Å². The van der Waals surface area contributed by atoms with Crippen LogP contribution in [0.15, 0.2) is 0 Å². The van der Waals surface area contributed by atoms with Crippen molar-refractivity contribution in [1.82, 2.24) is 5.32 Å². The van der Waals surface area contributed by atoms with E-state index in [1.807, 2.05) is 5.32 Å². The van der Waals surface area contributed by atoms with Crippen LogP contribution in [-0.2, 0) is 9.59 Å². The van der Waals surface area contributed by atoms with Crippen LogP contribution in [0.2, 0.25) is 0 Å². The van der Waals surface area contributed by atoms with E-state index >= 15 is 0 Å². The highest BCUT2D eigenvalue weighted by molar-refractivity contribution is 5.86. The summed E-state index contributed by atoms with van der Waals surface area (Å²) in [6, 6.07) is 0. The zero-order valence-corrected chi connectivity index (χ0v) is 8.28. The zero-order chi connectivity index (χ0) is 11.4. The van der Waals surface area contributed by atoms with E-state index in [4.69, 9.17) is 10.8 Å². The Morgan fingerprint density at radius 1 is 1.50 bits per heavy atom. The van der Waals surface area contributed by atoms with Gasteiger partial charge in [-0.3, -0.25) is 4.79 Å². The van der Waals surface area contributed by atoms with Gasteiger partial charge in [0.15, 0.2) is 0 Å². The largest absolute Gasteiger partial charge is 0.478 e. The van der Waals surface area contributed by atoms with Crippen LogP contribution in [0.25, 0.3) is 0 Å². The van der Waals surface area contributed by atoms with Gasteiger partial charge in [-0.15, -0.1) is 0 Å². The normalized spacial score (nSPS) is 14.9. The Labute approximate surface area is 82.1 Å². The van der Waals surface area contributed by atoms with Gasteiger partial charge >= 0.3 is 5.97 Å². The quantitative estimate of drug-likeness (QED) is 0.424. The van der Waals surface area contributed by atoms with Crippen molar-refractivity contribution in [2.45, 2.75) is 26.0 Å². The van der Waals surface area contributed by atoms with E-state index in [1.165, 1.54) is 0 Å². The number of amides is 1. The number of hydrogen-bond acceptors (Lipinski definition) is 4. The van der Waals surface area contributed by atoms with E-state index in [9.17, 15) is 14.7 Å². The molecule has 6 heteroatoms. The molecule has 14 heavy (non-hydrogen) atoms. The number of aliphatic carboxylic acids is 1. The lowest BCUT2D eigenvalue weighted by Gasteiger charge is -2.25. The average molecular weight is 204 g/mol. The molecule has 0 aromatic rings. The van der Waals surface area contributed by atoms with Crippen LogP contribution in [0.3, 0.4) is 0 Å². The molecule has 0 fully saturated rings. The van der Waals surface area contributed by atoms with Crippen LogP contribution in [0.5, 0.6) is 0 Å². The van der Waals surface area contributed by atoms with Crippen LogP contribution in [-0.4, -0.2) is 34.4 Å². The second-order valence-corrected chi connectivity index (χ2v) is 3.52. The summed E-state index contributed by atoms with van der Waals surface area (Å²) < 4.78 is 0. The Morgan fingerprint density at radius 3 is 2.29 bits per heavy atom. The van der Waals surface area contributed by atoms with E-state index in [-0.39, 0.29) is 18.9 Å². The summed E-state index contributed by atoms with van der Waals surface area (Å²) in [5.74, 6) is -2.24. The van der Waals surface area contributed by atoms with E-state index in [0.29, 0.717) is 0 Å². The molecule has 0 radical (unpaired) electrons. The van der Waals surface area contributed by atoms with Gasteiger partial charge in [-0.25, -0.2) is 4.79 Å². The van der Waals surface area contributed by atoms with Gasteiger partial charge < -0.3 is 21.3 Å². The lowest BCUT2D eigenvalue weighted by atomic mass is 10.0. The third kappa shape index (κ3) is 3.71. The number of nitrogens with one attached hydrogen (secondary N) is 1. The lowest BCUT2D eigenvalue weighted by Crippen LogP contribution is -2.56. The van der Waals surface area contributed by atoms with Crippen molar-refractivity contribution in [2.75, 3.05) is 6.54 Å². The molecular weight excluding hydrogens is 188 g/mol. The molecule has 0 aliphatic carbocycles. The molecule has 6 nitrogen and oxygen atoms in total. The van der Waals surface area contributed by atoms with Gasteiger partial charge in [-0.05, 0) is 5.92 Å². The maximum absolute atomic E-state index is 10.9. The first-order chi connectivity index (χ1) is 6.31. The van der Waals surface area contributed by atoms with Gasteiger partial charge in [0, 0.05) is 6.42 Å². The molecule has 0 spiro atoms. The predicted molar refractivity (Wildman–Crippen MR) is 49.2 cm³/mol. The molecule has 82 valence electrons. The van der Waals surface area contributed by atoms with Crippen molar-refractivity contribution < 1.29 is 19.8 Å². The number of carbonyl (C=O) groups excluding carboxylic acids is 1. The zero-order valence-electron chi connectivity index (χ0n) is 8.28. The summed E-state index contributed by atoms with van der Waals surface area (Å²) in [7, 11) is 0. The van der Waals surface area contributed by atoms with E-state index in [0.717, 1.165) is 0 Å². The number of carboxylic acid groups (broad SMARTS) is 1. The highest BCUT2D eigenvalue weighted by Crippen LogP contribution is 2.14. The Morgan fingerprint density at radius 2 is 2.00 bits per heavy atom. The average Bonchev–Trinajstić information content (AvgIpc) is 2.02. The molecule has 0 bridgehead atoms. The SMILES string of the molecule is CC(C)CC(O)(NC(=O)CN)C(=O)O. The van der Waals surface area contributed by atoms with Gasteiger partial charge in [0.1, 0.15) is 0 Å². The molecule has 0 aliphatic rings. The van der Waals surface area contributed by atoms with Crippen LogP contribution in [0, 0.1) is 5.92 Å². The molecule has 0 saturated heterocycles. The summed E-state index contributed by atoms with van der Waals surface area (Å²) in [6.45, 7) is 3.12. The molecule has 0 heterocycles. The molecule has 1 unspecified atom stereocenters. The number of rotatable bonds is 5. The van der Waals surface area contributed by atoms with Gasteiger partial charge in [0.25, 0.3) is 0 Å². The number of carbonyl (C=O) groups is 2. The smallest absolute Gasteiger partial charge is 0.357 e. The Hall–Kier alpha value is -1.14. The minimum Gasteiger partial charge on any atom is -0.478 e. The second kappa shape index (κ2) is 4.92. The number of nitrogens with two attached hydrogens (primary N) is 1. The van der Waals surface area contributed by atoms with Gasteiger partial charge in [0.05, 0.1) is 6.54 Å². The predicted octanol–water partition coefficient (Wildman–Crippen LogP) is -1.12. The summed E-state index contributed by atoms with van der Waals surface area (Å²) in [6.07, 6.45) is -0.0614.